The third-order valence-corrected chi connectivity index (χ3v) is 4.78. The van der Waals surface area contributed by atoms with Gasteiger partial charge in [0, 0.05) is 20.0 Å². The predicted octanol–water partition coefficient (Wildman–Crippen LogP) is 3.69. The topological polar surface area (TPSA) is 32.3 Å². The van der Waals surface area contributed by atoms with Crippen LogP contribution >= 0.6 is 0 Å². The normalized spacial score (nSPS) is 17.5. The molecule has 1 atom stereocenters. The molecule has 1 amide bonds. The van der Waals surface area contributed by atoms with E-state index in [2.05, 4.69) is 12.2 Å². The number of carbonyl (C=O) groups excluding carboxylic acids is 1. The summed E-state index contributed by atoms with van der Waals surface area (Å²) in [6.07, 6.45) is -1.76. The van der Waals surface area contributed by atoms with Crippen LogP contribution in [0.15, 0.2) is 24.3 Å². The molecule has 24 heavy (non-hydrogen) atoms. The van der Waals surface area contributed by atoms with Crippen molar-refractivity contribution < 1.29 is 18.0 Å². The van der Waals surface area contributed by atoms with E-state index in [1.807, 2.05) is 0 Å². The van der Waals surface area contributed by atoms with Crippen LogP contribution in [-0.4, -0.2) is 30.9 Å². The van der Waals surface area contributed by atoms with Crippen LogP contribution in [0.5, 0.6) is 0 Å². The van der Waals surface area contributed by atoms with E-state index in [-0.39, 0.29) is 12.5 Å². The van der Waals surface area contributed by atoms with E-state index in [0.29, 0.717) is 23.8 Å². The average Bonchev–Trinajstić information content (AvgIpc) is 2.55. The van der Waals surface area contributed by atoms with Crippen molar-refractivity contribution in [3.63, 3.8) is 0 Å². The summed E-state index contributed by atoms with van der Waals surface area (Å²) < 4.78 is 38.3. The number of carbonyl (C=O) groups is 1. The number of piperidine rings is 1. The van der Waals surface area contributed by atoms with Crippen LogP contribution in [0.3, 0.4) is 0 Å². The summed E-state index contributed by atoms with van der Waals surface area (Å²) in [6, 6.07) is 5.16. The van der Waals surface area contributed by atoms with Crippen molar-refractivity contribution in [1.29, 1.82) is 0 Å². The molecule has 1 fully saturated rings. The van der Waals surface area contributed by atoms with E-state index in [9.17, 15) is 18.0 Å². The third kappa shape index (κ3) is 5.23. The number of hydrogen-bond donors (Lipinski definition) is 1. The summed E-state index contributed by atoms with van der Waals surface area (Å²) >= 11 is 0. The largest absolute Gasteiger partial charge is 0.416 e. The van der Waals surface area contributed by atoms with Crippen molar-refractivity contribution in [2.24, 2.45) is 11.8 Å². The molecule has 0 spiro atoms. The van der Waals surface area contributed by atoms with Crippen LogP contribution in [-0.2, 0) is 17.5 Å². The molecular formula is C18H25F3N2O. The minimum Gasteiger partial charge on any atom is -0.341 e. The molecule has 0 aromatic heterocycles. The second-order valence-corrected chi connectivity index (χ2v) is 6.72. The van der Waals surface area contributed by atoms with Gasteiger partial charge in [0.2, 0.25) is 5.91 Å². The number of nitrogens with one attached hydrogen (secondary N) is 1. The lowest BCUT2D eigenvalue weighted by atomic mass is 9.84. The lowest BCUT2D eigenvalue weighted by Crippen LogP contribution is -2.34. The Morgan fingerprint density at radius 1 is 1.33 bits per heavy atom. The van der Waals surface area contributed by atoms with Crippen LogP contribution < -0.4 is 5.32 Å². The maximum absolute atomic E-state index is 12.8. The van der Waals surface area contributed by atoms with Gasteiger partial charge in [-0.2, -0.15) is 13.2 Å². The molecule has 0 bridgehead atoms. The van der Waals surface area contributed by atoms with E-state index >= 15 is 0 Å². The first-order valence-electron chi connectivity index (χ1n) is 8.38. The molecule has 0 radical (unpaired) electrons. The molecule has 134 valence electrons. The molecule has 6 heteroatoms. The van der Waals surface area contributed by atoms with Gasteiger partial charge >= 0.3 is 6.18 Å². The second kappa shape index (κ2) is 8.01. The number of rotatable bonds is 5. The fraction of sp³-hybridized carbons (Fsp3) is 0.611. The SMILES string of the molecule is CC(CC(=O)N(C)Cc1cccc(C(F)(F)F)c1)C1CCNCC1. The van der Waals surface area contributed by atoms with Crippen LogP contribution in [0.4, 0.5) is 13.2 Å². The smallest absolute Gasteiger partial charge is 0.341 e. The quantitative estimate of drug-likeness (QED) is 0.885. The molecule has 1 aromatic carbocycles. The molecule has 1 aliphatic heterocycles. The first-order chi connectivity index (χ1) is 11.3. The molecule has 0 aliphatic carbocycles. The molecule has 1 heterocycles. The maximum atomic E-state index is 12.8. The van der Waals surface area contributed by atoms with Gasteiger partial charge in [0.1, 0.15) is 0 Å². The minimum absolute atomic E-state index is 0.0153. The van der Waals surface area contributed by atoms with Gasteiger partial charge in [-0.15, -0.1) is 0 Å². The Balaban J connectivity index is 1.91. The number of halogens is 3. The highest BCUT2D eigenvalue weighted by atomic mass is 19.4. The van der Waals surface area contributed by atoms with Crippen molar-refractivity contribution in [3.8, 4) is 0 Å². The van der Waals surface area contributed by atoms with E-state index in [1.54, 1.807) is 13.1 Å². The fourth-order valence-electron chi connectivity index (χ4n) is 3.22. The average molecular weight is 342 g/mol. The zero-order valence-electron chi connectivity index (χ0n) is 14.2. The minimum atomic E-state index is -4.36. The number of alkyl halides is 3. The van der Waals surface area contributed by atoms with Crippen LogP contribution in [0.1, 0.15) is 37.3 Å². The van der Waals surface area contributed by atoms with Gasteiger partial charge in [-0.1, -0.05) is 19.1 Å². The van der Waals surface area contributed by atoms with Crippen molar-refractivity contribution in [3.05, 3.63) is 35.4 Å². The number of amides is 1. The maximum Gasteiger partial charge on any atom is 0.416 e. The standard InChI is InChI=1S/C18H25F3N2O/c1-13(15-6-8-22-9-7-15)10-17(24)23(2)12-14-4-3-5-16(11-14)18(19,20)21/h3-5,11,13,15,22H,6-10,12H2,1-2H3. The highest BCUT2D eigenvalue weighted by molar-refractivity contribution is 5.76. The van der Waals surface area contributed by atoms with E-state index in [0.717, 1.165) is 38.1 Å². The van der Waals surface area contributed by atoms with Crippen LogP contribution in [0.2, 0.25) is 0 Å². The Kier molecular flexibility index (Phi) is 6.27. The van der Waals surface area contributed by atoms with E-state index in [1.165, 1.54) is 11.0 Å². The second-order valence-electron chi connectivity index (χ2n) is 6.72. The summed E-state index contributed by atoms with van der Waals surface area (Å²) in [7, 11) is 1.65. The Labute approximate surface area is 141 Å². The molecule has 0 saturated carbocycles. The van der Waals surface area contributed by atoms with Crippen LogP contribution in [0.25, 0.3) is 0 Å². The third-order valence-electron chi connectivity index (χ3n) is 4.78. The van der Waals surface area contributed by atoms with E-state index in [4.69, 9.17) is 0 Å². The molecule has 2 rings (SSSR count). The molecular weight excluding hydrogens is 317 g/mol. The summed E-state index contributed by atoms with van der Waals surface area (Å²) in [4.78, 5) is 13.9. The zero-order valence-corrected chi connectivity index (χ0v) is 14.2. The Morgan fingerprint density at radius 2 is 2.00 bits per heavy atom. The first kappa shape index (κ1) is 18.8. The number of benzene rings is 1. The van der Waals surface area contributed by atoms with Gasteiger partial charge in [0.25, 0.3) is 0 Å². The summed E-state index contributed by atoms with van der Waals surface area (Å²) in [5, 5.41) is 3.31. The highest BCUT2D eigenvalue weighted by Gasteiger charge is 2.30. The number of nitrogens with zero attached hydrogens (tertiary/aromatic N) is 1. The van der Waals surface area contributed by atoms with Crippen molar-refractivity contribution in [2.75, 3.05) is 20.1 Å². The van der Waals surface area contributed by atoms with Crippen LogP contribution in [0, 0.1) is 11.8 Å². The molecule has 1 N–H and O–H groups in total. The Bertz CT molecular complexity index is 553. The summed E-state index contributed by atoms with van der Waals surface area (Å²) in [5.41, 5.74) is -0.181. The molecule has 3 nitrogen and oxygen atoms in total. The Hall–Kier alpha value is -1.56. The van der Waals surface area contributed by atoms with E-state index < -0.39 is 11.7 Å². The van der Waals surface area contributed by atoms with Crippen molar-refractivity contribution >= 4 is 5.91 Å². The zero-order chi connectivity index (χ0) is 17.7. The summed E-state index contributed by atoms with van der Waals surface area (Å²) in [6.45, 7) is 4.26. The number of hydrogen-bond acceptors (Lipinski definition) is 2. The Morgan fingerprint density at radius 3 is 2.62 bits per heavy atom. The van der Waals surface area contributed by atoms with Gasteiger partial charge in [0.15, 0.2) is 0 Å². The monoisotopic (exact) mass is 342 g/mol. The first-order valence-corrected chi connectivity index (χ1v) is 8.38. The molecule has 1 unspecified atom stereocenters. The summed E-state index contributed by atoms with van der Waals surface area (Å²) in [5.74, 6) is 0.819. The molecule has 1 aromatic rings. The van der Waals surface area contributed by atoms with Gasteiger partial charge in [-0.3, -0.25) is 4.79 Å². The van der Waals surface area contributed by atoms with Gasteiger partial charge in [0.05, 0.1) is 5.56 Å². The van der Waals surface area contributed by atoms with Crippen molar-refractivity contribution in [2.45, 2.75) is 38.9 Å². The lowest BCUT2D eigenvalue weighted by molar-refractivity contribution is -0.137. The lowest BCUT2D eigenvalue weighted by Gasteiger charge is -2.29. The fourth-order valence-corrected chi connectivity index (χ4v) is 3.22. The van der Waals surface area contributed by atoms with Gasteiger partial charge in [-0.05, 0) is 55.5 Å². The van der Waals surface area contributed by atoms with Gasteiger partial charge in [-0.25, -0.2) is 0 Å². The molecule has 1 saturated heterocycles. The van der Waals surface area contributed by atoms with Gasteiger partial charge < -0.3 is 10.2 Å². The molecule has 1 aliphatic rings. The highest BCUT2D eigenvalue weighted by Crippen LogP contribution is 2.30. The predicted molar refractivity (Wildman–Crippen MR) is 87.3 cm³/mol. The van der Waals surface area contributed by atoms with Crippen molar-refractivity contribution in [1.82, 2.24) is 10.2 Å².